The number of ether oxygens (including phenoxy) is 2. The van der Waals surface area contributed by atoms with Gasteiger partial charge in [-0.3, -0.25) is 9.59 Å². The summed E-state index contributed by atoms with van der Waals surface area (Å²) in [7, 11) is 0. The minimum Gasteiger partial charge on any atom is -0.466 e. The molecule has 22 heavy (non-hydrogen) atoms. The van der Waals surface area contributed by atoms with Crippen LogP contribution in [-0.2, 0) is 23.9 Å². The van der Waals surface area contributed by atoms with Crippen molar-refractivity contribution in [2.45, 2.75) is 59.8 Å². The van der Waals surface area contributed by atoms with Crippen molar-refractivity contribution in [1.82, 2.24) is 0 Å². The van der Waals surface area contributed by atoms with Crippen molar-refractivity contribution in [1.29, 1.82) is 0 Å². The molecule has 0 bridgehead atoms. The first-order valence-electron chi connectivity index (χ1n) is 7.71. The molecule has 0 aliphatic rings. The first-order chi connectivity index (χ1) is 10.5. The molecule has 0 aromatic heterocycles. The second-order valence-corrected chi connectivity index (χ2v) is 4.29. The minimum atomic E-state index is -0.625. The highest BCUT2D eigenvalue weighted by atomic mass is 16.6. The molecular weight excluding hydrogens is 284 g/mol. The summed E-state index contributed by atoms with van der Waals surface area (Å²) in [6.45, 7) is 7.91. The smallest absolute Gasteiger partial charge is 0.338 e. The molecule has 0 saturated carbocycles. The summed E-state index contributed by atoms with van der Waals surface area (Å²) in [4.78, 5) is 32.0. The maximum Gasteiger partial charge on any atom is 0.338 e. The number of rotatable bonds is 8. The molecule has 0 fully saturated rings. The van der Waals surface area contributed by atoms with Gasteiger partial charge < -0.3 is 9.47 Å². The summed E-state index contributed by atoms with van der Waals surface area (Å²) in [6, 6.07) is 0. The fourth-order valence-corrected chi connectivity index (χ4v) is 1.22. The van der Waals surface area contributed by atoms with E-state index in [-0.39, 0.29) is 12.4 Å². The van der Waals surface area contributed by atoms with E-state index in [1.807, 2.05) is 13.8 Å². The van der Waals surface area contributed by atoms with Crippen LogP contribution in [0, 0.1) is 0 Å². The molecule has 5 nitrogen and oxygen atoms in total. The Balaban J connectivity index is 0. The summed E-state index contributed by atoms with van der Waals surface area (Å²) >= 11 is 0. The molecule has 0 spiro atoms. The third-order valence-corrected chi connectivity index (χ3v) is 2.33. The van der Waals surface area contributed by atoms with E-state index in [4.69, 9.17) is 4.74 Å². The van der Waals surface area contributed by atoms with Crippen LogP contribution >= 0.6 is 0 Å². The number of unbranched alkanes of at least 4 members (excludes halogenated alkanes) is 2. The van der Waals surface area contributed by atoms with E-state index >= 15 is 0 Å². The van der Waals surface area contributed by atoms with Crippen molar-refractivity contribution in [2.24, 2.45) is 0 Å². The molecule has 0 radical (unpaired) electrons. The molecule has 126 valence electrons. The van der Waals surface area contributed by atoms with Crippen LogP contribution in [0.2, 0.25) is 0 Å². The largest absolute Gasteiger partial charge is 0.466 e. The second kappa shape index (κ2) is 17.1. The number of carbonyl (C=O) groups is 3. The van der Waals surface area contributed by atoms with Crippen LogP contribution in [0.25, 0.3) is 0 Å². The maximum absolute atomic E-state index is 10.7. The van der Waals surface area contributed by atoms with Gasteiger partial charge in [-0.2, -0.15) is 0 Å². The second-order valence-electron chi connectivity index (χ2n) is 4.29. The predicted molar refractivity (Wildman–Crippen MR) is 86.1 cm³/mol. The van der Waals surface area contributed by atoms with Gasteiger partial charge in [-0.25, -0.2) is 4.79 Å². The van der Waals surface area contributed by atoms with Gasteiger partial charge in [-0.1, -0.05) is 44.9 Å². The molecule has 0 saturated heterocycles. The van der Waals surface area contributed by atoms with Gasteiger partial charge in [-0.15, -0.1) is 0 Å². The van der Waals surface area contributed by atoms with Crippen molar-refractivity contribution in [3.05, 3.63) is 24.3 Å². The number of esters is 3. The summed E-state index contributed by atoms with van der Waals surface area (Å²) in [5.41, 5.74) is 0. The van der Waals surface area contributed by atoms with Crippen molar-refractivity contribution >= 4 is 17.9 Å². The van der Waals surface area contributed by atoms with Crippen molar-refractivity contribution in [2.75, 3.05) is 6.61 Å². The van der Waals surface area contributed by atoms with Gasteiger partial charge in [0.05, 0.1) is 6.61 Å². The fraction of sp³-hybridized carbons (Fsp3) is 0.588. The molecule has 0 aliphatic carbocycles. The van der Waals surface area contributed by atoms with Gasteiger partial charge in [0.2, 0.25) is 0 Å². The molecule has 0 unspecified atom stereocenters. The Morgan fingerprint density at radius 1 is 0.955 bits per heavy atom. The highest BCUT2D eigenvalue weighted by Gasteiger charge is 2.02. The molecule has 5 heteroatoms. The van der Waals surface area contributed by atoms with Crippen LogP contribution in [0.15, 0.2) is 24.3 Å². The van der Waals surface area contributed by atoms with Gasteiger partial charge in [0.1, 0.15) is 0 Å². The number of hydrogen-bond acceptors (Lipinski definition) is 5. The number of allylic oxidation sites excluding steroid dienone is 3. The van der Waals surface area contributed by atoms with E-state index in [1.165, 1.54) is 12.2 Å². The zero-order valence-electron chi connectivity index (χ0n) is 14.1. The Morgan fingerprint density at radius 3 is 2.14 bits per heavy atom. The highest BCUT2D eigenvalue weighted by molar-refractivity contribution is 5.92. The van der Waals surface area contributed by atoms with Crippen LogP contribution in [0.5, 0.6) is 0 Å². The first-order valence-corrected chi connectivity index (χ1v) is 7.71. The van der Waals surface area contributed by atoms with E-state index in [0.29, 0.717) is 13.0 Å². The lowest BCUT2D eigenvalue weighted by Crippen LogP contribution is -2.07. The lowest BCUT2D eigenvalue weighted by atomic mass is 10.2. The Hall–Kier alpha value is -1.91. The van der Waals surface area contributed by atoms with E-state index in [0.717, 1.165) is 19.3 Å². The normalized spacial score (nSPS) is 10.2. The van der Waals surface area contributed by atoms with Crippen LogP contribution in [0.1, 0.15) is 59.8 Å². The summed E-state index contributed by atoms with van der Waals surface area (Å²) < 4.78 is 9.10. The van der Waals surface area contributed by atoms with Gasteiger partial charge in [0.15, 0.2) is 0 Å². The quantitative estimate of drug-likeness (QED) is 0.224. The van der Waals surface area contributed by atoms with Crippen molar-refractivity contribution < 1.29 is 23.9 Å². The predicted octanol–water partition coefficient (Wildman–Crippen LogP) is 3.73. The Morgan fingerprint density at radius 2 is 1.64 bits per heavy atom. The van der Waals surface area contributed by atoms with Crippen LogP contribution in [-0.4, -0.2) is 24.5 Å². The molecule has 0 N–H and O–H groups in total. The van der Waals surface area contributed by atoms with Crippen LogP contribution < -0.4 is 0 Å². The van der Waals surface area contributed by atoms with E-state index in [2.05, 4.69) is 11.7 Å². The van der Waals surface area contributed by atoms with E-state index in [1.54, 1.807) is 19.1 Å². The number of hydrogen-bond donors (Lipinski definition) is 0. The van der Waals surface area contributed by atoms with Gasteiger partial charge in [0.25, 0.3) is 0 Å². The van der Waals surface area contributed by atoms with Crippen LogP contribution in [0.3, 0.4) is 0 Å². The SMILES string of the molecule is C/C=C/C=C/C(=O)OC(=O)CC.CCCCCC(=O)OCC. The molecular formula is C17H28O5. The molecule has 0 amide bonds. The monoisotopic (exact) mass is 312 g/mol. The average Bonchev–Trinajstić information content (AvgIpc) is 2.48. The summed E-state index contributed by atoms with van der Waals surface area (Å²) in [6.07, 6.45) is 10.2. The van der Waals surface area contributed by atoms with Crippen LogP contribution in [0.4, 0.5) is 0 Å². The molecule has 0 aromatic rings. The standard InChI is InChI=1S/C9H12O3.C8H16O2/c1-3-5-6-7-9(11)12-8(10)4-2;1-3-5-6-7-8(9)10-4-2/h3,5-7H,4H2,1-2H3;3-7H2,1-2H3/b5-3+,7-6+;. The first kappa shape index (κ1) is 22.4. The third-order valence-electron chi connectivity index (χ3n) is 2.33. The summed E-state index contributed by atoms with van der Waals surface area (Å²) in [5.74, 6) is -1.19. The maximum atomic E-state index is 10.7. The molecule has 0 aliphatic heterocycles. The lowest BCUT2D eigenvalue weighted by molar-refractivity contribution is -0.156. The molecule has 0 aromatic carbocycles. The van der Waals surface area contributed by atoms with Gasteiger partial charge in [-0.05, 0) is 20.3 Å². The highest BCUT2D eigenvalue weighted by Crippen LogP contribution is 1.99. The van der Waals surface area contributed by atoms with E-state index < -0.39 is 11.9 Å². The third kappa shape index (κ3) is 18.1. The van der Waals surface area contributed by atoms with Crippen molar-refractivity contribution in [3.8, 4) is 0 Å². The Kier molecular flexibility index (Phi) is 17.4. The van der Waals surface area contributed by atoms with Crippen molar-refractivity contribution in [3.63, 3.8) is 0 Å². The Bertz CT molecular complexity index is 369. The van der Waals surface area contributed by atoms with Gasteiger partial charge in [0, 0.05) is 18.9 Å². The molecule has 0 heterocycles. The lowest BCUT2D eigenvalue weighted by Gasteiger charge is -1.99. The zero-order chi connectivity index (χ0) is 17.2. The molecule has 0 atom stereocenters. The zero-order valence-corrected chi connectivity index (χ0v) is 14.1. The average molecular weight is 312 g/mol. The van der Waals surface area contributed by atoms with Gasteiger partial charge >= 0.3 is 17.9 Å². The topological polar surface area (TPSA) is 69.7 Å². The Labute approximate surface area is 133 Å². The molecule has 0 rings (SSSR count). The minimum absolute atomic E-state index is 0.0593. The fourth-order valence-electron chi connectivity index (χ4n) is 1.22. The van der Waals surface area contributed by atoms with E-state index in [9.17, 15) is 14.4 Å². The number of carbonyl (C=O) groups excluding carboxylic acids is 3. The summed E-state index contributed by atoms with van der Waals surface area (Å²) in [5, 5.41) is 0.